The van der Waals surface area contributed by atoms with Crippen LogP contribution in [0.25, 0.3) is 16.5 Å². The zero-order chi connectivity index (χ0) is 23.0. The number of alkyl halides is 2. The third-order valence-electron chi connectivity index (χ3n) is 5.96. The highest BCUT2D eigenvalue weighted by Crippen LogP contribution is 2.41. The number of nitrogens with two attached hydrogens (primary N) is 1. The second-order valence-electron chi connectivity index (χ2n) is 7.92. The lowest BCUT2D eigenvalue weighted by Crippen LogP contribution is -2.26. The summed E-state index contributed by atoms with van der Waals surface area (Å²) in [5.41, 5.74) is 10.2. The number of aromatic nitrogens is 2. The van der Waals surface area contributed by atoms with E-state index in [0.29, 0.717) is 28.8 Å². The van der Waals surface area contributed by atoms with E-state index in [1.54, 1.807) is 50.1 Å². The fourth-order valence-corrected chi connectivity index (χ4v) is 4.40. The number of rotatable bonds is 4. The highest BCUT2D eigenvalue weighted by Gasteiger charge is 2.26. The minimum absolute atomic E-state index is 0.0844. The second-order valence-corrected chi connectivity index (χ2v) is 7.92. The summed E-state index contributed by atoms with van der Waals surface area (Å²) in [6, 6.07) is 5.19. The van der Waals surface area contributed by atoms with E-state index in [0.717, 1.165) is 35.2 Å². The molecule has 166 valence electrons. The van der Waals surface area contributed by atoms with Gasteiger partial charge in [-0.2, -0.15) is 0 Å². The van der Waals surface area contributed by atoms with Crippen molar-refractivity contribution in [2.24, 2.45) is 17.8 Å². The van der Waals surface area contributed by atoms with E-state index in [2.05, 4.69) is 9.98 Å². The summed E-state index contributed by atoms with van der Waals surface area (Å²) in [4.78, 5) is 22.7. The van der Waals surface area contributed by atoms with E-state index in [4.69, 9.17) is 5.73 Å². The Hall–Kier alpha value is -3.55. The molecule has 0 unspecified atom stereocenters. The fourth-order valence-electron chi connectivity index (χ4n) is 4.40. The molecule has 0 radical (unpaired) electrons. The molecule has 32 heavy (non-hydrogen) atoms. The van der Waals surface area contributed by atoms with Crippen LogP contribution < -0.4 is 16.2 Å². The predicted molar refractivity (Wildman–Crippen MR) is 125 cm³/mol. The Morgan fingerprint density at radius 2 is 2.03 bits per heavy atom. The van der Waals surface area contributed by atoms with Crippen LogP contribution >= 0.6 is 0 Å². The molecular formula is C24H25F2N5O. The normalized spacial score (nSPS) is 14.6. The monoisotopic (exact) mass is 437 g/mol. The van der Waals surface area contributed by atoms with Crippen molar-refractivity contribution >= 4 is 34.1 Å². The van der Waals surface area contributed by atoms with Crippen molar-refractivity contribution in [3.8, 4) is 0 Å². The number of fused-ring (bicyclic) bond motifs is 2. The number of anilines is 2. The number of halogens is 2. The van der Waals surface area contributed by atoms with E-state index in [-0.39, 0.29) is 11.1 Å². The van der Waals surface area contributed by atoms with Crippen LogP contribution in [-0.4, -0.2) is 29.4 Å². The smallest absolute Gasteiger partial charge is 0.264 e. The van der Waals surface area contributed by atoms with Crippen LogP contribution in [0.2, 0.25) is 0 Å². The van der Waals surface area contributed by atoms with Gasteiger partial charge in [-0.25, -0.2) is 8.78 Å². The van der Waals surface area contributed by atoms with Gasteiger partial charge in [-0.3, -0.25) is 14.8 Å². The summed E-state index contributed by atoms with van der Waals surface area (Å²) in [7, 11) is 3.29. The van der Waals surface area contributed by atoms with Crippen molar-refractivity contribution in [3.63, 3.8) is 0 Å². The average Bonchev–Trinajstić information content (AvgIpc) is 2.79. The van der Waals surface area contributed by atoms with Gasteiger partial charge in [0.05, 0.1) is 23.6 Å². The second kappa shape index (κ2) is 8.53. The largest absolute Gasteiger partial charge is 0.404 e. The lowest BCUT2D eigenvalue weighted by atomic mass is 9.92. The summed E-state index contributed by atoms with van der Waals surface area (Å²) >= 11 is 0. The molecule has 0 amide bonds. The number of aliphatic imine (C=N–C) groups is 1. The molecule has 0 saturated carbocycles. The number of benzene rings is 1. The van der Waals surface area contributed by atoms with Gasteiger partial charge in [0.25, 0.3) is 12.0 Å². The number of allylic oxidation sites excluding steroid dienone is 1. The summed E-state index contributed by atoms with van der Waals surface area (Å²) in [6.07, 6.45) is 5.12. The minimum Gasteiger partial charge on any atom is -0.404 e. The van der Waals surface area contributed by atoms with Gasteiger partial charge in [0.1, 0.15) is 0 Å². The van der Waals surface area contributed by atoms with Crippen LogP contribution in [0, 0.1) is 6.92 Å². The Labute approximate surface area is 184 Å². The summed E-state index contributed by atoms with van der Waals surface area (Å²) in [5, 5.41) is 0.857. The van der Waals surface area contributed by atoms with E-state index >= 15 is 0 Å². The first-order valence-electron chi connectivity index (χ1n) is 10.4. The first-order valence-corrected chi connectivity index (χ1v) is 10.4. The van der Waals surface area contributed by atoms with Crippen LogP contribution in [0.3, 0.4) is 0 Å². The van der Waals surface area contributed by atoms with Crippen LogP contribution in [-0.2, 0) is 13.5 Å². The van der Waals surface area contributed by atoms with E-state index in [1.165, 1.54) is 12.4 Å². The topological polar surface area (TPSA) is 76.5 Å². The molecule has 4 rings (SSSR count). The van der Waals surface area contributed by atoms with Gasteiger partial charge in [0.2, 0.25) is 0 Å². The van der Waals surface area contributed by atoms with Gasteiger partial charge >= 0.3 is 0 Å². The molecule has 0 fully saturated rings. The van der Waals surface area contributed by atoms with E-state index in [1.807, 2.05) is 11.0 Å². The molecule has 1 aromatic carbocycles. The maximum atomic E-state index is 14.1. The Bertz CT molecular complexity index is 1310. The fraction of sp³-hybridized carbons (Fsp3) is 0.292. The molecule has 3 aromatic rings. The Balaban J connectivity index is 1.95. The van der Waals surface area contributed by atoms with Gasteiger partial charge in [-0.1, -0.05) is 0 Å². The molecule has 0 atom stereocenters. The average molecular weight is 437 g/mol. The zero-order valence-electron chi connectivity index (χ0n) is 18.3. The van der Waals surface area contributed by atoms with Crippen molar-refractivity contribution in [1.82, 2.24) is 9.55 Å². The van der Waals surface area contributed by atoms with Crippen LogP contribution in [0.5, 0.6) is 0 Å². The number of hydrogen-bond acceptors (Lipinski definition) is 5. The Morgan fingerprint density at radius 3 is 2.72 bits per heavy atom. The highest BCUT2D eigenvalue weighted by molar-refractivity contribution is 6.10. The molecule has 6 nitrogen and oxygen atoms in total. The molecule has 2 aromatic heterocycles. The quantitative estimate of drug-likeness (QED) is 0.619. The van der Waals surface area contributed by atoms with Crippen molar-refractivity contribution < 1.29 is 8.78 Å². The molecule has 0 aliphatic carbocycles. The molecule has 1 aliphatic rings. The van der Waals surface area contributed by atoms with Crippen LogP contribution in [0.15, 0.2) is 46.6 Å². The summed E-state index contributed by atoms with van der Waals surface area (Å²) in [5.74, 6) is 0. The van der Waals surface area contributed by atoms with Gasteiger partial charge in [-0.15, -0.1) is 0 Å². The Kier molecular flexibility index (Phi) is 5.78. The van der Waals surface area contributed by atoms with Gasteiger partial charge in [0.15, 0.2) is 0 Å². The summed E-state index contributed by atoms with van der Waals surface area (Å²) < 4.78 is 29.7. The number of nitrogens with zero attached hydrogens (tertiary/aromatic N) is 4. The molecule has 1 aliphatic heterocycles. The number of pyridine rings is 2. The molecule has 3 heterocycles. The molecular weight excluding hydrogens is 412 g/mol. The molecule has 0 saturated heterocycles. The molecule has 2 N–H and O–H groups in total. The zero-order valence-corrected chi connectivity index (χ0v) is 18.3. The number of aryl methyl sites for hydroxylation is 3. The first-order chi connectivity index (χ1) is 15.4. The van der Waals surface area contributed by atoms with Crippen LogP contribution in [0.4, 0.5) is 20.2 Å². The third-order valence-corrected chi connectivity index (χ3v) is 5.96. The maximum absolute atomic E-state index is 14.1. The standard InChI is InChI=1S/C24H25F2N5O/c1-14-7-19-21(30(3)24(14)32)12-29-13-22(19)31-6-4-5-15-8-17(16(10-27)11-28-2)18(23(25)26)9-20(15)31/h7-13,23H,4-6,27H2,1-3H3/b16-10+,28-11?. The van der Waals surface area contributed by atoms with E-state index in [9.17, 15) is 13.6 Å². The lowest BCUT2D eigenvalue weighted by molar-refractivity contribution is 0.151. The molecule has 0 bridgehead atoms. The minimum atomic E-state index is -2.67. The Morgan fingerprint density at radius 1 is 1.25 bits per heavy atom. The highest BCUT2D eigenvalue weighted by atomic mass is 19.3. The van der Waals surface area contributed by atoms with E-state index < -0.39 is 6.43 Å². The SMILES string of the molecule is CN=C/C(=C\N)c1cc2c(cc1C(F)F)N(c1cncc3c1cc(C)c(=O)n3C)CCC2. The third kappa shape index (κ3) is 3.55. The first kappa shape index (κ1) is 21.7. The summed E-state index contributed by atoms with van der Waals surface area (Å²) in [6.45, 7) is 2.43. The van der Waals surface area contributed by atoms with Crippen molar-refractivity contribution in [2.45, 2.75) is 26.2 Å². The van der Waals surface area contributed by atoms with Gasteiger partial charge in [0, 0.05) is 60.8 Å². The maximum Gasteiger partial charge on any atom is 0.264 e. The lowest BCUT2D eigenvalue weighted by Gasteiger charge is -2.33. The van der Waals surface area contributed by atoms with Crippen molar-refractivity contribution in [1.29, 1.82) is 0 Å². The van der Waals surface area contributed by atoms with Gasteiger partial charge < -0.3 is 15.2 Å². The van der Waals surface area contributed by atoms with Crippen LogP contribution in [0.1, 0.15) is 35.1 Å². The van der Waals surface area contributed by atoms with Crippen molar-refractivity contribution in [3.05, 3.63) is 69.4 Å². The molecule has 8 heteroatoms. The van der Waals surface area contributed by atoms with Crippen molar-refractivity contribution in [2.75, 3.05) is 18.5 Å². The predicted octanol–water partition coefficient (Wildman–Crippen LogP) is 4.26. The molecule has 0 spiro atoms. The number of hydrogen-bond donors (Lipinski definition) is 1. The van der Waals surface area contributed by atoms with Gasteiger partial charge in [-0.05, 0) is 49.1 Å².